The molecule has 0 bridgehead atoms. The molecule has 76 valence electrons. The molecule has 0 saturated heterocycles. The molecule has 0 aliphatic heterocycles. The highest BCUT2D eigenvalue weighted by Gasteiger charge is 2.29. The third-order valence-electron chi connectivity index (χ3n) is 3.11. The summed E-state index contributed by atoms with van der Waals surface area (Å²) in [7, 11) is 1.73. The molecule has 0 radical (unpaired) electrons. The van der Waals surface area contributed by atoms with Crippen LogP contribution in [0.2, 0.25) is 0 Å². The molecule has 0 aromatic rings. The van der Waals surface area contributed by atoms with Gasteiger partial charge in [0.1, 0.15) is 6.04 Å². The molecule has 0 amide bonds. The minimum absolute atomic E-state index is 0.332. The second-order valence-electron chi connectivity index (χ2n) is 4.12. The van der Waals surface area contributed by atoms with Gasteiger partial charge >= 0.3 is 5.97 Å². The highest BCUT2D eigenvalue weighted by atomic mass is 16.4. The van der Waals surface area contributed by atoms with E-state index in [1.165, 1.54) is 12.8 Å². The molecule has 1 aliphatic rings. The minimum Gasteiger partial charge on any atom is -0.480 e. The molecule has 0 spiro atoms. The molecular weight excluding hydrogens is 166 g/mol. The summed E-state index contributed by atoms with van der Waals surface area (Å²) in [6, 6.07) is -0.340. The van der Waals surface area contributed by atoms with E-state index in [0.717, 1.165) is 18.8 Å². The lowest BCUT2D eigenvalue weighted by Crippen LogP contribution is -2.42. The first-order valence-electron chi connectivity index (χ1n) is 5.05. The maximum absolute atomic E-state index is 10.8. The molecule has 2 N–H and O–H groups in total. The fourth-order valence-corrected chi connectivity index (χ4v) is 2.18. The van der Waals surface area contributed by atoms with Crippen LogP contribution in [-0.2, 0) is 4.79 Å². The number of hydrogen-bond acceptors (Lipinski definition) is 2. The van der Waals surface area contributed by atoms with Crippen LogP contribution in [0.5, 0.6) is 0 Å². The van der Waals surface area contributed by atoms with Crippen molar-refractivity contribution in [3.8, 4) is 0 Å². The second kappa shape index (κ2) is 4.61. The van der Waals surface area contributed by atoms with Crippen LogP contribution in [0.4, 0.5) is 0 Å². The van der Waals surface area contributed by atoms with Crippen molar-refractivity contribution in [2.24, 2.45) is 11.8 Å². The van der Waals surface area contributed by atoms with Crippen LogP contribution in [0.3, 0.4) is 0 Å². The van der Waals surface area contributed by atoms with Crippen molar-refractivity contribution >= 4 is 5.97 Å². The van der Waals surface area contributed by atoms with E-state index in [1.54, 1.807) is 7.05 Å². The van der Waals surface area contributed by atoms with Gasteiger partial charge in [0.25, 0.3) is 0 Å². The lowest BCUT2D eigenvalue weighted by molar-refractivity contribution is -0.141. The molecule has 1 saturated carbocycles. The SMILES string of the molecule is CNC(C(=O)O)C1CCC(C)CC1. The Morgan fingerprint density at radius 3 is 2.31 bits per heavy atom. The molecule has 13 heavy (non-hydrogen) atoms. The molecule has 1 unspecified atom stereocenters. The third-order valence-corrected chi connectivity index (χ3v) is 3.11. The van der Waals surface area contributed by atoms with E-state index in [9.17, 15) is 4.79 Å². The zero-order valence-corrected chi connectivity index (χ0v) is 8.42. The molecule has 3 nitrogen and oxygen atoms in total. The van der Waals surface area contributed by atoms with E-state index in [-0.39, 0.29) is 6.04 Å². The standard InChI is InChI=1S/C10H19NO2/c1-7-3-5-8(6-4-7)9(11-2)10(12)13/h7-9,11H,3-6H2,1-2H3,(H,12,13). The Balaban J connectivity index is 2.46. The molecule has 0 aromatic carbocycles. The zero-order valence-electron chi connectivity index (χ0n) is 8.42. The van der Waals surface area contributed by atoms with Crippen molar-refractivity contribution in [3.05, 3.63) is 0 Å². The molecule has 1 rings (SSSR count). The van der Waals surface area contributed by atoms with E-state index in [0.29, 0.717) is 5.92 Å². The van der Waals surface area contributed by atoms with Gasteiger partial charge in [-0.2, -0.15) is 0 Å². The van der Waals surface area contributed by atoms with Crippen LogP contribution in [-0.4, -0.2) is 24.2 Å². The van der Waals surface area contributed by atoms with Crippen molar-refractivity contribution in [2.75, 3.05) is 7.05 Å². The summed E-state index contributed by atoms with van der Waals surface area (Å²) in [5, 5.41) is 11.8. The predicted octanol–water partition coefficient (Wildman–Crippen LogP) is 1.49. The number of likely N-dealkylation sites (N-methyl/N-ethyl adjacent to an activating group) is 1. The number of nitrogens with one attached hydrogen (secondary N) is 1. The Bertz CT molecular complexity index is 174. The predicted molar refractivity (Wildman–Crippen MR) is 51.6 cm³/mol. The number of hydrogen-bond donors (Lipinski definition) is 2. The number of carboxylic acids is 1. The summed E-state index contributed by atoms with van der Waals surface area (Å²) in [6.45, 7) is 2.24. The highest BCUT2D eigenvalue weighted by molar-refractivity contribution is 5.73. The summed E-state index contributed by atoms with van der Waals surface area (Å²) in [5.74, 6) is 0.406. The molecule has 0 aromatic heterocycles. The monoisotopic (exact) mass is 185 g/mol. The smallest absolute Gasteiger partial charge is 0.320 e. The van der Waals surface area contributed by atoms with Crippen molar-refractivity contribution in [3.63, 3.8) is 0 Å². The third kappa shape index (κ3) is 2.69. The number of carbonyl (C=O) groups is 1. The van der Waals surface area contributed by atoms with Gasteiger partial charge in [-0.05, 0) is 31.7 Å². The molecule has 3 heteroatoms. The van der Waals surface area contributed by atoms with Gasteiger partial charge in [-0.25, -0.2) is 0 Å². The second-order valence-corrected chi connectivity index (χ2v) is 4.12. The maximum atomic E-state index is 10.8. The van der Waals surface area contributed by atoms with Gasteiger partial charge in [-0.3, -0.25) is 4.79 Å². The van der Waals surface area contributed by atoms with Crippen LogP contribution in [0, 0.1) is 11.8 Å². The molecular formula is C10H19NO2. The quantitative estimate of drug-likeness (QED) is 0.700. The van der Waals surface area contributed by atoms with Gasteiger partial charge in [0.15, 0.2) is 0 Å². The van der Waals surface area contributed by atoms with Crippen LogP contribution in [0.1, 0.15) is 32.6 Å². The van der Waals surface area contributed by atoms with Crippen molar-refractivity contribution in [1.29, 1.82) is 0 Å². The average Bonchev–Trinajstić information content (AvgIpc) is 2.09. The van der Waals surface area contributed by atoms with Crippen molar-refractivity contribution in [1.82, 2.24) is 5.32 Å². The lowest BCUT2D eigenvalue weighted by Gasteiger charge is -2.30. The van der Waals surface area contributed by atoms with Gasteiger partial charge in [0, 0.05) is 0 Å². The summed E-state index contributed by atoms with van der Waals surface area (Å²) in [6.07, 6.45) is 4.46. The Morgan fingerprint density at radius 1 is 1.38 bits per heavy atom. The van der Waals surface area contributed by atoms with E-state index in [4.69, 9.17) is 5.11 Å². The molecule has 1 atom stereocenters. The normalized spacial score (nSPS) is 31.2. The van der Waals surface area contributed by atoms with E-state index >= 15 is 0 Å². The van der Waals surface area contributed by atoms with Gasteiger partial charge in [-0.15, -0.1) is 0 Å². The van der Waals surface area contributed by atoms with Gasteiger partial charge in [0.05, 0.1) is 0 Å². The van der Waals surface area contributed by atoms with Gasteiger partial charge in [0.2, 0.25) is 0 Å². The van der Waals surface area contributed by atoms with E-state index in [2.05, 4.69) is 12.2 Å². The zero-order chi connectivity index (χ0) is 9.84. The van der Waals surface area contributed by atoms with Crippen LogP contribution in [0.25, 0.3) is 0 Å². The fraction of sp³-hybridized carbons (Fsp3) is 0.900. The summed E-state index contributed by atoms with van der Waals surface area (Å²) in [4.78, 5) is 10.8. The van der Waals surface area contributed by atoms with E-state index in [1.807, 2.05) is 0 Å². The largest absolute Gasteiger partial charge is 0.480 e. The van der Waals surface area contributed by atoms with Gasteiger partial charge < -0.3 is 10.4 Å². The maximum Gasteiger partial charge on any atom is 0.320 e. The van der Waals surface area contributed by atoms with Crippen LogP contribution < -0.4 is 5.32 Å². The van der Waals surface area contributed by atoms with Crippen molar-refractivity contribution in [2.45, 2.75) is 38.6 Å². The Labute approximate surface area is 79.5 Å². The lowest BCUT2D eigenvalue weighted by atomic mass is 9.79. The summed E-state index contributed by atoms with van der Waals surface area (Å²) < 4.78 is 0. The number of carboxylic acid groups (broad SMARTS) is 1. The minimum atomic E-state index is -0.706. The first-order valence-corrected chi connectivity index (χ1v) is 5.05. The summed E-state index contributed by atoms with van der Waals surface area (Å²) in [5.41, 5.74) is 0. The Morgan fingerprint density at radius 2 is 1.92 bits per heavy atom. The summed E-state index contributed by atoms with van der Waals surface area (Å²) >= 11 is 0. The number of aliphatic carboxylic acids is 1. The van der Waals surface area contributed by atoms with E-state index < -0.39 is 5.97 Å². The molecule has 0 heterocycles. The number of rotatable bonds is 3. The topological polar surface area (TPSA) is 49.3 Å². The molecule has 1 aliphatic carbocycles. The Hall–Kier alpha value is -0.570. The van der Waals surface area contributed by atoms with Crippen molar-refractivity contribution < 1.29 is 9.90 Å². The first kappa shape index (κ1) is 10.5. The Kier molecular flexibility index (Phi) is 3.72. The van der Waals surface area contributed by atoms with Crippen LogP contribution >= 0.6 is 0 Å². The van der Waals surface area contributed by atoms with Crippen LogP contribution in [0.15, 0.2) is 0 Å². The van der Waals surface area contributed by atoms with Gasteiger partial charge in [-0.1, -0.05) is 19.8 Å². The fourth-order valence-electron chi connectivity index (χ4n) is 2.18. The first-order chi connectivity index (χ1) is 6.15. The highest BCUT2D eigenvalue weighted by Crippen LogP contribution is 2.30. The molecule has 1 fully saturated rings. The average molecular weight is 185 g/mol.